The Morgan fingerprint density at radius 3 is 2.86 bits per heavy atom. The number of aliphatic hydroxyl groups excluding tert-OH is 1. The van der Waals surface area contributed by atoms with Crippen molar-refractivity contribution in [3.8, 4) is 0 Å². The summed E-state index contributed by atoms with van der Waals surface area (Å²) in [6, 6.07) is -0.246. The highest BCUT2D eigenvalue weighted by Gasteiger charge is 2.32. The van der Waals surface area contributed by atoms with Gasteiger partial charge in [0.15, 0.2) is 0 Å². The Labute approximate surface area is 173 Å². The number of rotatable bonds is 11. The quantitative estimate of drug-likeness (QED) is 0.174. The summed E-state index contributed by atoms with van der Waals surface area (Å²) in [7, 11) is 2.92. The van der Waals surface area contributed by atoms with Gasteiger partial charge in [0.25, 0.3) is 0 Å². The molecule has 8 nitrogen and oxygen atoms in total. The maximum Gasteiger partial charge on any atom is 0.144 e. The molecule has 0 radical (unpaired) electrons. The first-order valence-electron chi connectivity index (χ1n) is 9.92. The largest absolute Gasteiger partial charge is 0.400 e. The van der Waals surface area contributed by atoms with Gasteiger partial charge in [-0.25, -0.2) is 0 Å². The number of likely N-dealkylation sites (N-methyl/N-ethyl adjacent to an activating group) is 1. The number of hydrogen-bond donors (Lipinski definition) is 4. The predicted molar refractivity (Wildman–Crippen MR) is 115 cm³/mol. The minimum atomic E-state index is -0.404. The monoisotopic (exact) mass is 406 g/mol. The van der Waals surface area contributed by atoms with Crippen LogP contribution in [0.2, 0.25) is 0 Å². The lowest BCUT2D eigenvalue weighted by Crippen LogP contribution is -2.40. The molecule has 0 bridgehead atoms. The number of hydrogen-bond acceptors (Lipinski definition) is 7. The van der Waals surface area contributed by atoms with E-state index < -0.39 is 6.04 Å². The van der Waals surface area contributed by atoms with Gasteiger partial charge in [-0.05, 0) is 51.3 Å². The third kappa shape index (κ3) is 8.82. The second-order valence-electron chi connectivity index (χ2n) is 6.73. The number of ether oxygens (including phenoxy) is 1. The molecule has 0 saturated carbocycles. The molecule has 0 amide bonds. The van der Waals surface area contributed by atoms with Gasteiger partial charge in [0, 0.05) is 25.4 Å². The molecule has 0 aromatic rings. The van der Waals surface area contributed by atoms with Crippen LogP contribution in [-0.2, 0) is 14.3 Å². The van der Waals surface area contributed by atoms with E-state index in [2.05, 4.69) is 39.2 Å². The highest BCUT2D eigenvalue weighted by molar-refractivity contribution is 5.69. The van der Waals surface area contributed by atoms with E-state index in [9.17, 15) is 9.59 Å². The normalized spacial score (nSPS) is 23.7. The zero-order valence-corrected chi connectivity index (χ0v) is 17.5. The Kier molecular flexibility index (Phi) is 12.7. The lowest BCUT2D eigenvalue weighted by molar-refractivity contribution is -0.108. The van der Waals surface area contributed by atoms with Gasteiger partial charge in [-0.2, -0.15) is 0 Å². The van der Waals surface area contributed by atoms with Gasteiger partial charge in [0.05, 0.1) is 12.4 Å². The lowest BCUT2D eigenvalue weighted by atomic mass is 10.0. The fourth-order valence-electron chi connectivity index (χ4n) is 3.18. The minimum absolute atomic E-state index is 0.0177. The van der Waals surface area contributed by atoms with E-state index in [1.54, 1.807) is 6.92 Å². The van der Waals surface area contributed by atoms with Crippen LogP contribution < -0.4 is 16.0 Å². The molecular weight excluding hydrogens is 372 g/mol. The summed E-state index contributed by atoms with van der Waals surface area (Å²) >= 11 is 0. The number of carbonyl (C=O) groups excluding carboxylic acids is 2. The topological polar surface area (TPSA) is 112 Å². The smallest absolute Gasteiger partial charge is 0.144 e. The Hall–Kier alpha value is -2.13. The molecule has 8 heteroatoms. The molecule has 0 spiro atoms. The van der Waals surface area contributed by atoms with Crippen LogP contribution >= 0.6 is 0 Å². The number of allylic oxidation sites excluding steroid dienone is 5. The molecule has 4 unspecified atom stereocenters. The zero-order chi connectivity index (χ0) is 21.5. The van der Waals surface area contributed by atoms with E-state index in [1.165, 1.54) is 18.0 Å². The average Bonchev–Trinajstić information content (AvgIpc) is 3.26. The Balaban J connectivity index is 0.00000204. The van der Waals surface area contributed by atoms with Crippen molar-refractivity contribution in [2.45, 2.75) is 57.0 Å². The molecule has 1 aliphatic carbocycles. The average molecular weight is 407 g/mol. The van der Waals surface area contributed by atoms with Gasteiger partial charge in [-0.1, -0.05) is 18.2 Å². The van der Waals surface area contributed by atoms with Crippen LogP contribution in [0, 0.1) is 0 Å². The number of aliphatic imine (C=N–C) groups is 1. The van der Waals surface area contributed by atoms with Crippen LogP contribution in [0.1, 0.15) is 32.6 Å². The van der Waals surface area contributed by atoms with Crippen LogP contribution in [0.4, 0.5) is 0 Å². The molecule has 1 aliphatic heterocycles. The van der Waals surface area contributed by atoms with Crippen molar-refractivity contribution < 1.29 is 19.4 Å². The van der Waals surface area contributed by atoms with Gasteiger partial charge >= 0.3 is 0 Å². The Morgan fingerprint density at radius 2 is 2.24 bits per heavy atom. The summed E-state index contributed by atoms with van der Waals surface area (Å²) in [5.74, 6) is 0. The predicted octanol–water partition coefficient (Wildman–Crippen LogP) is 0.842. The molecule has 1 heterocycles. The standard InChI is InChI=1S/C20H30N4O3.CH4O/c1-15(13-26)23-14-24-17(10-11-25)8-9-18(21-2)19-12-22-20(27-19)16-6-4-3-5-7-16;1-2/h3-4,6,10-11,13-15,18-22H,5,7-9,12H2,1-2H3,(H,23,24);2H,1H3/b17-10-;. The van der Waals surface area contributed by atoms with E-state index >= 15 is 0 Å². The summed E-state index contributed by atoms with van der Waals surface area (Å²) < 4.78 is 6.22. The molecule has 0 aromatic heterocycles. The highest BCUT2D eigenvalue weighted by Crippen LogP contribution is 2.23. The van der Waals surface area contributed by atoms with Gasteiger partial charge in [0.2, 0.25) is 0 Å². The van der Waals surface area contributed by atoms with Gasteiger partial charge in [-0.15, -0.1) is 0 Å². The van der Waals surface area contributed by atoms with Crippen LogP contribution in [0.3, 0.4) is 0 Å². The van der Waals surface area contributed by atoms with E-state index in [0.29, 0.717) is 6.42 Å². The molecule has 2 rings (SSSR count). The van der Waals surface area contributed by atoms with Crippen molar-refractivity contribution in [3.63, 3.8) is 0 Å². The summed E-state index contributed by atoms with van der Waals surface area (Å²) in [6.07, 6.45) is 14.5. The second-order valence-corrected chi connectivity index (χ2v) is 6.73. The highest BCUT2D eigenvalue weighted by atomic mass is 16.5. The van der Waals surface area contributed by atoms with E-state index in [4.69, 9.17) is 9.84 Å². The van der Waals surface area contributed by atoms with E-state index in [0.717, 1.165) is 51.2 Å². The van der Waals surface area contributed by atoms with Crippen molar-refractivity contribution in [3.05, 3.63) is 35.6 Å². The van der Waals surface area contributed by atoms with Gasteiger partial charge in [-0.3, -0.25) is 15.1 Å². The maximum atomic E-state index is 10.9. The molecule has 4 N–H and O–H groups in total. The van der Waals surface area contributed by atoms with Gasteiger partial charge < -0.3 is 25.3 Å². The first kappa shape index (κ1) is 24.9. The molecular formula is C21H34N4O4. The Bertz CT molecular complexity index is 616. The van der Waals surface area contributed by atoms with Crippen LogP contribution in [-0.4, -0.2) is 69.1 Å². The van der Waals surface area contributed by atoms with Crippen molar-refractivity contribution in [1.29, 1.82) is 0 Å². The minimum Gasteiger partial charge on any atom is -0.400 e. The SMILES string of the molecule is CNC(CC/C(=C/C=O)NC=NC(C)C=O)C1CNC(C2=CC=CCC2)O1.CO. The first-order chi connectivity index (χ1) is 14.2. The first-order valence-corrected chi connectivity index (χ1v) is 9.92. The third-order valence-corrected chi connectivity index (χ3v) is 4.77. The summed E-state index contributed by atoms with van der Waals surface area (Å²) in [4.78, 5) is 25.5. The molecule has 0 aromatic carbocycles. The van der Waals surface area contributed by atoms with Crippen molar-refractivity contribution >= 4 is 18.9 Å². The number of aldehydes is 2. The fraction of sp³-hybridized carbons (Fsp3) is 0.571. The molecule has 162 valence electrons. The van der Waals surface area contributed by atoms with Crippen LogP contribution in [0.5, 0.6) is 0 Å². The van der Waals surface area contributed by atoms with Crippen LogP contribution in [0.25, 0.3) is 0 Å². The maximum absolute atomic E-state index is 10.9. The van der Waals surface area contributed by atoms with Crippen molar-refractivity contribution in [2.24, 2.45) is 4.99 Å². The number of nitrogens with zero attached hydrogens (tertiary/aromatic N) is 1. The Morgan fingerprint density at radius 1 is 1.45 bits per heavy atom. The summed E-state index contributed by atoms with van der Waals surface area (Å²) in [5.41, 5.74) is 2.05. The number of nitrogens with one attached hydrogen (secondary N) is 3. The van der Waals surface area contributed by atoms with Gasteiger partial charge in [0.1, 0.15) is 24.8 Å². The van der Waals surface area contributed by atoms with Crippen molar-refractivity contribution in [2.75, 3.05) is 20.7 Å². The molecule has 1 fully saturated rings. The lowest BCUT2D eigenvalue weighted by Gasteiger charge is -2.24. The molecule has 1 saturated heterocycles. The van der Waals surface area contributed by atoms with E-state index in [-0.39, 0.29) is 18.4 Å². The molecule has 4 atom stereocenters. The van der Waals surface area contributed by atoms with Crippen molar-refractivity contribution in [1.82, 2.24) is 16.0 Å². The molecule has 29 heavy (non-hydrogen) atoms. The second kappa shape index (κ2) is 14.8. The summed E-state index contributed by atoms with van der Waals surface area (Å²) in [5, 5.41) is 16.8. The zero-order valence-electron chi connectivity index (χ0n) is 17.5. The fourth-order valence-corrected chi connectivity index (χ4v) is 3.18. The molecule has 2 aliphatic rings. The summed E-state index contributed by atoms with van der Waals surface area (Å²) in [6.45, 7) is 2.49. The number of aliphatic hydroxyl groups is 1. The van der Waals surface area contributed by atoms with Crippen LogP contribution in [0.15, 0.2) is 40.6 Å². The third-order valence-electron chi connectivity index (χ3n) is 4.77. The number of carbonyl (C=O) groups is 2. The van der Waals surface area contributed by atoms with E-state index in [1.807, 2.05) is 7.05 Å².